The molecule has 0 spiro atoms. The van der Waals surface area contributed by atoms with Gasteiger partial charge < -0.3 is 21.1 Å². The van der Waals surface area contributed by atoms with E-state index in [0.717, 1.165) is 11.3 Å². The van der Waals surface area contributed by atoms with Crippen molar-refractivity contribution in [2.45, 2.75) is 45.1 Å². The van der Waals surface area contributed by atoms with E-state index in [1.165, 1.54) is 0 Å². The van der Waals surface area contributed by atoms with E-state index in [0.29, 0.717) is 24.9 Å². The van der Waals surface area contributed by atoms with Gasteiger partial charge in [-0.2, -0.15) is 0 Å². The molecule has 3 amide bonds. The molecule has 0 radical (unpaired) electrons. The molecule has 0 saturated heterocycles. The highest BCUT2D eigenvalue weighted by atomic mass is 16.4. The third kappa shape index (κ3) is 4.98. The summed E-state index contributed by atoms with van der Waals surface area (Å²) in [6.45, 7) is 3.55. The van der Waals surface area contributed by atoms with E-state index in [-0.39, 0.29) is 18.4 Å². The van der Waals surface area contributed by atoms with Gasteiger partial charge in [-0.3, -0.25) is 9.59 Å². The molecular weight excluding hydrogens is 298 g/mol. The number of amides is 3. The van der Waals surface area contributed by atoms with E-state index >= 15 is 0 Å². The van der Waals surface area contributed by atoms with Gasteiger partial charge in [0.2, 0.25) is 5.91 Å². The summed E-state index contributed by atoms with van der Waals surface area (Å²) in [5.41, 5.74) is 1.76. The molecule has 0 aromatic heterocycles. The van der Waals surface area contributed by atoms with E-state index in [4.69, 9.17) is 5.11 Å². The number of urea groups is 1. The highest BCUT2D eigenvalue weighted by Gasteiger charge is 2.22. The minimum Gasteiger partial charge on any atom is -0.481 e. The summed E-state index contributed by atoms with van der Waals surface area (Å²) in [7, 11) is 0. The molecular formula is C16H21N3O4. The number of rotatable bonds is 5. The molecule has 7 heteroatoms. The molecule has 7 nitrogen and oxygen atoms in total. The number of hydrogen-bond donors (Lipinski definition) is 4. The van der Waals surface area contributed by atoms with E-state index in [1.807, 2.05) is 6.07 Å². The second-order valence-electron chi connectivity index (χ2n) is 6.28. The first-order valence-electron chi connectivity index (χ1n) is 7.49. The Balaban J connectivity index is 1.95. The van der Waals surface area contributed by atoms with Crippen molar-refractivity contribution in [1.29, 1.82) is 0 Å². The summed E-state index contributed by atoms with van der Waals surface area (Å²) in [6, 6.07) is 4.92. The standard InChI is InChI=1S/C16H21N3O4/c1-16(2,8-7-14(21)22)19-15(23)17-11-4-5-12-10(9-11)3-6-13(20)18-12/h4-5,9H,3,6-8H2,1-2H3,(H,18,20)(H,21,22)(H2,17,19,23). The minimum atomic E-state index is -0.892. The Labute approximate surface area is 134 Å². The van der Waals surface area contributed by atoms with Crippen LogP contribution in [0.1, 0.15) is 38.7 Å². The van der Waals surface area contributed by atoms with Crippen molar-refractivity contribution in [1.82, 2.24) is 5.32 Å². The van der Waals surface area contributed by atoms with Crippen molar-refractivity contribution in [3.05, 3.63) is 23.8 Å². The van der Waals surface area contributed by atoms with Crippen molar-refractivity contribution >= 4 is 29.3 Å². The third-order valence-electron chi connectivity index (χ3n) is 3.67. The van der Waals surface area contributed by atoms with Crippen LogP contribution in [0.3, 0.4) is 0 Å². The molecule has 124 valence electrons. The van der Waals surface area contributed by atoms with E-state index in [2.05, 4.69) is 16.0 Å². The molecule has 0 fully saturated rings. The lowest BCUT2D eigenvalue weighted by Gasteiger charge is -2.26. The topological polar surface area (TPSA) is 108 Å². The highest BCUT2D eigenvalue weighted by Crippen LogP contribution is 2.25. The van der Waals surface area contributed by atoms with Crippen LogP contribution in [-0.4, -0.2) is 28.6 Å². The lowest BCUT2D eigenvalue weighted by atomic mass is 9.99. The molecule has 4 N–H and O–H groups in total. The van der Waals surface area contributed by atoms with Crippen LogP contribution in [0.5, 0.6) is 0 Å². The number of carboxylic acids is 1. The van der Waals surface area contributed by atoms with E-state index in [1.54, 1.807) is 26.0 Å². The van der Waals surface area contributed by atoms with E-state index < -0.39 is 11.5 Å². The van der Waals surface area contributed by atoms with Crippen LogP contribution in [0.4, 0.5) is 16.2 Å². The molecule has 0 unspecified atom stereocenters. The third-order valence-corrected chi connectivity index (χ3v) is 3.67. The fourth-order valence-corrected chi connectivity index (χ4v) is 2.41. The number of carboxylic acid groups (broad SMARTS) is 1. The van der Waals surface area contributed by atoms with Gasteiger partial charge in [-0.1, -0.05) is 0 Å². The predicted octanol–water partition coefficient (Wildman–Crippen LogP) is 2.34. The maximum atomic E-state index is 12.1. The molecule has 1 heterocycles. The molecule has 1 aromatic rings. The lowest BCUT2D eigenvalue weighted by Crippen LogP contribution is -2.45. The Morgan fingerprint density at radius 2 is 2.04 bits per heavy atom. The number of anilines is 2. The molecule has 1 aliphatic rings. The summed E-state index contributed by atoms with van der Waals surface area (Å²) in [4.78, 5) is 34.0. The lowest BCUT2D eigenvalue weighted by molar-refractivity contribution is -0.137. The Kier molecular flexibility index (Phi) is 4.88. The molecule has 0 bridgehead atoms. The number of aryl methyl sites for hydroxylation is 1. The molecule has 2 rings (SSSR count). The molecule has 1 aliphatic heterocycles. The quantitative estimate of drug-likeness (QED) is 0.668. The van der Waals surface area contributed by atoms with Crippen molar-refractivity contribution in [3.63, 3.8) is 0 Å². The Morgan fingerprint density at radius 3 is 2.74 bits per heavy atom. The smallest absolute Gasteiger partial charge is 0.319 e. The first-order chi connectivity index (χ1) is 10.7. The van der Waals surface area contributed by atoms with Gasteiger partial charge in [-0.15, -0.1) is 0 Å². The van der Waals surface area contributed by atoms with Crippen LogP contribution in [-0.2, 0) is 16.0 Å². The monoisotopic (exact) mass is 319 g/mol. The van der Waals surface area contributed by atoms with Gasteiger partial charge in [-0.25, -0.2) is 4.79 Å². The van der Waals surface area contributed by atoms with Crippen LogP contribution in [0.2, 0.25) is 0 Å². The average molecular weight is 319 g/mol. The fourth-order valence-electron chi connectivity index (χ4n) is 2.41. The number of hydrogen-bond acceptors (Lipinski definition) is 3. The summed E-state index contributed by atoms with van der Waals surface area (Å²) in [5, 5.41) is 17.0. The van der Waals surface area contributed by atoms with Crippen molar-refractivity contribution in [2.75, 3.05) is 10.6 Å². The maximum Gasteiger partial charge on any atom is 0.319 e. The normalized spacial score (nSPS) is 13.7. The van der Waals surface area contributed by atoms with Crippen LogP contribution in [0, 0.1) is 0 Å². The Hall–Kier alpha value is -2.57. The zero-order valence-electron chi connectivity index (χ0n) is 13.2. The number of nitrogens with one attached hydrogen (secondary N) is 3. The molecule has 23 heavy (non-hydrogen) atoms. The fraction of sp³-hybridized carbons (Fsp3) is 0.438. The zero-order valence-corrected chi connectivity index (χ0v) is 13.2. The minimum absolute atomic E-state index is 0.00358. The number of benzene rings is 1. The predicted molar refractivity (Wildman–Crippen MR) is 86.5 cm³/mol. The average Bonchev–Trinajstić information content (AvgIpc) is 2.45. The summed E-state index contributed by atoms with van der Waals surface area (Å²) in [5.74, 6) is -0.895. The Morgan fingerprint density at radius 1 is 1.30 bits per heavy atom. The number of carbonyl (C=O) groups is 3. The van der Waals surface area contributed by atoms with Crippen molar-refractivity contribution < 1.29 is 19.5 Å². The second-order valence-corrected chi connectivity index (χ2v) is 6.28. The largest absolute Gasteiger partial charge is 0.481 e. The zero-order chi connectivity index (χ0) is 17.0. The van der Waals surface area contributed by atoms with Gasteiger partial charge in [0.05, 0.1) is 0 Å². The van der Waals surface area contributed by atoms with Gasteiger partial charge in [0, 0.05) is 29.8 Å². The molecule has 1 aromatic carbocycles. The van der Waals surface area contributed by atoms with Crippen LogP contribution in [0.15, 0.2) is 18.2 Å². The van der Waals surface area contributed by atoms with Gasteiger partial charge in [-0.05, 0) is 50.5 Å². The van der Waals surface area contributed by atoms with Crippen LogP contribution < -0.4 is 16.0 Å². The summed E-state index contributed by atoms with van der Waals surface area (Å²) in [6.07, 6.45) is 1.41. The SMILES string of the molecule is CC(C)(CCC(=O)O)NC(=O)Nc1ccc2c(c1)CCC(=O)N2. The first kappa shape index (κ1) is 16.8. The number of aliphatic carboxylic acids is 1. The van der Waals surface area contributed by atoms with Gasteiger partial charge in [0.15, 0.2) is 0 Å². The maximum absolute atomic E-state index is 12.1. The number of fused-ring (bicyclic) bond motifs is 1. The van der Waals surface area contributed by atoms with Gasteiger partial charge >= 0.3 is 12.0 Å². The van der Waals surface area contributed by atoms with Crippen LogP contribution in [0.25, 0.3) is 0 Å². The van der Waals surface area contributed by atoms with E-state index in [9.17, 15) is 14.4 Å². The molecule has 0 aliphatic carbocycles. The van der Waals surface area contributed by atoms with Gasteiger partial charge in [0.1, 0.15) is 0 Å². The Bertz CT molecular complexity index is 640. The van der Waals surface area contributed by atoms with Crippen LogP contribution >= 0.6 is 0 Å². The summed E-state index contributed by atoms with van der Waals surface area (Å²) < 4.78 is 0. The number of carbonyl (C=O) groups excluding carboxylic acids is 2. The second kappa shape index (κ2) is 6.68. The van der Waals surface area contributed by atoms with Crippen molar-refractivity contribution in [3.8, 4) is 0 Å². The molecule has 0 saturated carbocycles. The molecule has 0 atom stereocenters. The van der Waals surface area contributed by atoms with Crippen molar-refractivity contribution in [2.24, 2.45) is 0 Å². The summed E-state index contributed by atoms with van der Waals surface area (Å²) >= 11 is 0. The van der Waals surface area contributed by atoms with Gasteiger partial charge in [0.25, 0.3) is 0 Å². The highest BCUT2D eigenvalue weighted by molar-refractivity contribution is 5.95. The first-order valence-corrected chi connectivity index (χ1v) is 7.49.